The molecule has 9 N–H and O–H groups in total. The van der Waals surface area contributed by atoms with Gasteiger partial charge in [-0.25, -0.2) is 5.32 Å². The zero-order valence-electron chi connectivity index (χ0n) is 14.8. The molecule has 0 spiro atoms. The van der Waals surface area contributed by atoms with Crippen LogP contribution in [0.15, 0.2) is 44.8 Å². The molecule has 12 heteroatoms. The van der Waals surface area contributed by atoms with E-state index in [9.17, 15) is 0 Å². The lowest BCUT2D eigenvalue weighted by atomic mass is 10.0. The molecular formula is C14H24N10O2. The highest BCUT2D eigenvalue weighted by atomic mass is 16.5. The third-order valence-corrected chi connectivity index (χ3v) is 3.67. The standard InChI is InChI=1S/C14H24N10O2/c1-7(2)8-4-11(25-3)9(20-15)5-10(8)26-12-6-18-14(22-24-17)19-13(12)21-23-16/h4-7,13-14,18-20H,15H2,1-3H3,(H2,16,21)(H2,17,22). The molecule has 2 rings (SSSR count). The fourth-order valence-electron chi connectivity index (χ4n) is 2.42. The van der Waals surface area contributed by atoms with Crippen molar-refractivity contribution < 1.29 is 9.47 Å². The highest BCUT2D eigenvalue weighted by molar-refractivity contribution is 5.62. The summed E-state index contributed by atoms with van der Waals surface area (Å²) >= 11 is 0. The van der Waals surface area contributed by atoms with Gasteiger partial charge in [0.05, 0.1) is 12.8 Å². The Labute approximate surface area is 150 Å². The van der Waals surface area contributed by atoms with E-state index in [1.165, 1.54) is 0 Å². The van der Waals surface area contributed by atoms with Crippen LogP contribution in [0.4, 0.5) is 5.69 Å². The van der Waals surface area contributed by atoms with Crippen molar-refractivity contribution in [2.45, 2.75) is 32.2 Å². The Hall–Kier alpha value is -3.12. The number of methoxy groups -OCH3 is 1. The van der Waals surface area contributed by atoms with Crippen LogP contribution >= 0.6 is 0 Å². The number of nitrogens with one attached hydrogen (secondary N) is 3. The van der Waals surface area contributed by atoms with E-state index in [2.05, 4.69) is 36.7 Å². The van der Waals surface area contributed by atoms with Crippen LogP contribution in [0.25, 0.3) is 0 Å². The number of ether oxygens (including phenoxy) is 2. The summed E-state index contributed by atoms with van der Waals surface area (Å²) in [4.78, 5) is 0. The monoisotopic (exact) mass is 364 g/mol. The molecule has 2 atom stereocenters. The second-order valence-corrected chi connectivity index (χ2v) is 5.64. The molecule has 1 aromatic rings. The zero-order chi connectivity index (χ0) is 19.1. The number of hydrazine groups is 1. The van der Waals surface area contributed by atoms with Gasteiger partial charge in [-0.1, -0.05) is 24.3 Å². The summed E-state index contributed by atoms with van der Waals surface area (Å²) in [5.74, 6) is 17.6. The maximum atomic E-state index is 6.05. The summed E-state index contributed by atoms with van der Waals surface area (Å²) in [5.41, 5.74) is 4.10. The van der Waals surface area contributed by atoms with Gasteiger partial charge in [0.25, 0.3) is 0 Å². The van der Waals surface area contributed by atoms with Gasteiger partial charge >= 0.3 is 0 Å². The Bertz CT molecular complexity index is 703. The Morgan fingerprint density at radius 1 is 1.15 bits per heavy atom. The molecule has 1 aliphatic heterocycles. The van der Waals surface area contributed by atoms with E-state index in [-0.39, 0.29) is 5.92 Å². The molecule has 0 radical (unpaired) electrons. The molecule has 0 saturated carbocycles. The smallest absolute Gasteiger partial charge is 0.197 e. The first-order chi connectivity index (χ1) is 12.5. The van der Waals surface area contributed by atoms with Gasteiger partial charge in [-0.3, -0.25) is 5.84 Å². The van der Waals surface area contributed by atoms with E-state index in [1.807, 2.05) is 19.9 Å². The number of nitrogens with zero attached hydrogens (tertiary/aromatic N) is 4. The quantitative estimate of drug-likeness (QED) is 0.233. The number of anilines is 1. The summed E-state index contributed by atoms with van der Waals surface area (Å²) in [5, 5.41) is 20.1. The third-order valence-electron chi connectivity index (χ3n) is 3.67. The van der Waals surface area contributed by atoms with Crippen molar-refractivity contribution in [1.29, 1.82) is 0 Å². The third kappa shape index (κ3) is 4.29. The highest BCUT2D eigenvalue weighted by Gasteiger charge is 2.26. The number of hydrogen-bond donors (Lipinski definition) is 6. The van der Waals surface area contributed by atoms with Crippen molar-refractivity contribution in [2.75, 3.05) is 12.5 Å². The lowest BCUT2D eigenvalue weighted by molar-refractivity contribution is 0.289. The van der Waals surface area contributed by atoms with E-state index < -0.39 is 12.5 Å². The zero-order valence-corrected chi connectivity index (χ0v) is 14.8. The van der Waals surface area contributed by atoms with Gasteiger partial charge in [-0.2, -0.15) is 0 Å². The topological polar surface area (TPSA) is 182 Å². The minimum Gasteiger partial charge on any atom is -0.495 e. The summed E-state index contributed by atoms with van der Waals surface area (Å²) in [6.45, 7) is 4.08. The Morgan fingerprint density at radius 3 is 2.46 bits per heavy atom. The SMILES string of the molecule is COc1cc(C(C)C)c(OC2=CNC(N=NN)NC2N=NN)cc1NN. The fraction of sp³-hybridized carbons (Fsp3) is 0.429. The van der Waals surface area contributed by atoms with Gasteiger partial charge in [-0.05, 0) is 12.0 Å². The molecule has 0 amide bonds. The Kier molecular flexibility index (Phi) is 6.52. The molecule has 1 heterocycles. The van der Waals surface area contributed by atoms with Crippen LogP contribution in [0.3, 0.4) is 0 Å². The van der Waals surface area contributed by atoms with Crippen LogP contribution in [0.1, 0.15) is 25.3 Å². The summed E-state index contributed by atoms with van der Waals surface area (Å²) < 4.78 is 11.4. The van der Waals surface area contributed by atoms with Crippen molar-refractivity contribution in [3.05, 3.63) is 29.7 Å². The number of hydrogen-bond acceptors (Lipinski definition) is 10. The van der Waals surface area contributed by atoms with Gasteiger partial charge in [0, 0.05) is 17.8 Å². The normalized spacial score (nSPS) is 20.3. The van der Waals surface area contributed by atoms with Crippen LogP contribution in [0, 0.1) is 0 Å². The van der Waals surface area contributed by atoms with Crippen LogP contribution in [-0.4, -0.2) is 19.6 Å². The van der Waals surface area contributed by atoms with Crippen molar-refractivity contribution in [1.82, 2.24) is 10.6 Å². The number of nitrogen functional groups attached to an aromatic ring is 1. The molecule has 0 bridgehead atoms. The summed E-state index contributed by atoms with van der Waals surface area (Å²) in [7, 11) is 1.57. The van der Waals surface area contributed by atoms with Gasteiger partial charge in [0.15, 0.2) is 18.2 Å². The molecule has 0 saturated heterocycles. The van der Waals surface area contributed by atoms with Crippen molar-refractivity contribution in [3.8, 4) is 11.5 Å². The number of rotatable bonds is 7. The largest absolute Gasteiger partial charge is 0.495 e. The predicted octanol–water partition coefficient (Wildman–Crippen LogP) is 0.779. The molecule has 26 heavy (non-hydrogen) atoms. The van der Waals surface area contributed by atoms with E-state index >= 15 is 0 Å². The van der Waals surface area contributed by atoms with Gasteiger partial charge in [0.2, 0.25) is 0 Å². The average molecular weight is 364 g/mol. The van der Waals surface area contributed by atoms with Crippen molar-refractivity contribution in [3.63, 3.8) is 0 Å². The van der Waals surface area contributed by atoms with Crippen LogP contribution < -0.4 is 43.1 Å². The summed E-state index contributed by atoms with van der Waals surface area (Å²) in [6.07, 6.45) is 0.344. The Balaban J connectivity index is 2.38. The highest BCUT2D eigenvalue weighted by Crippen LogP contribution is 2.37. The molecule has 1 aliphatic rings. The van der Waals surface area contributed by atoms with E-state index in [0.29, 0.717) is 22.9 Å². The molecule has 12 nitrogen and oxygen atoms in total. The maximum absolute atomic E-state index is 6.05. The Morgan fingerprint density at radius 2 is 1.88 bits per heavy atom. The van der Waals surface area contributed by atoms with Crippen LogP contribution in [0.2, 0.25) is 0 Å². The van der Waals surface area contributed by atoms with Crippen molar-refractivity contribution >= 4 is 5.69 Å². The van der Waals surface area contributed by atoms with Crippen LogP contribution in [0.5, 0.6) is 11.5 Å². The minimum atomic E-state index is -0.673. The second-order valence-electron chi connectivity index (χ2n) is 5.64. The van der Waals surface area contributed by atoms with Gasteiger partial charge in [0.1, 0.15) is 11.5 Å². The van der Waals surface area contributed by atoms with E-state index in [4.69, 9.17) is 27.0 Å². The predicted molar refractivity (Wildman–Crippen MR) is 95.5 cm³/mol. The minimum absolute atomic E-state index is 0.171. The second kappa shape index (κ2) is 8.82. The first-order valence-electron chi connectivity index (χ1n) is 7.82. The molecule has 0 aliphatic carbocycles. The lowest BCUT2D eigenvalue weighted by Crippen LogP contribution is -2.49. The summed E-state index contributed by atoms with van der Waals surface area (Å²) in [6, 6.07) is 3.61. The van der Waals surface area contributed by atoms with Gasteiger partial charge < -0.3 is 31.9 Å². The average Bonchev–Trinajstić information content (AvgIpc) is 2.63. The molecule has 0 aromatic heterocycles. The van der Waals surface area contributed by atoms with E-state index in [0.717, 1.165) is 5.56 Å². The lowest BCUT2D eigenvalue weighted by Gasteiger charge is -2.27. The molecular weight excluding hydrogens is 340 g/mol. The first kappa shape index (κ1) is 19.2. The fourth-order valence-corrected chi connectivity index (χ4v) is 2.42. The van der Waals surface area contributed by atoms with E-state index in [1.54, 1.807) is 19.4 Å². The van der Waals surface area contributed by atoms with Gasteiger partial charge in [-0.15, -0.1) is 10.2 Å². The molecule has 142 valence electrons. The van der Waals surface area contributed by atoms with Crippen molar-refractivity contribution in [2.24, 2.45) is 38.2 Å². The number of nitrogens with two attached hydrogens (primary N) is 3. The maximum Gasteiger partial charge on any atom is 0.197 e. The molecule has 0 fully saturated rings. The van der Waals surface area contributed by atoms with Crippen LogP contribution in [-0.2, 0) is 0 Å². The molecule has 2 unspecified atom stereocenters. The number of benzene rings is 1. The first-order valence-corrected chi connectivity index (χ1v) is 7.82. The molecule has 1 aromatic carbocycles.